The number of benzene rings is 1. The molecule has 0 unspecified atom stereocenters. The molecule has 1 N–H and O–H groups in total. The minimum absolute atomic E-state index is 0.0897. The minimum Gasteiger partial charge on any atom is -0.497 e. The van der Waals surface area contributed by atoms with Crippen LogP contribution in [0.1, 0.15) is 18.4 Å². The number of methoxy groups -OCH3 is 1. The van der Waals surface area contributed by atoms with Crippen molar-refractivity contribution in [1.82, 2.24) is 14.9 Å². The maximum absolute atomic E-state index is 13.1. The van der Waals surface area contributed by atoms with Gasteiger partial charge in [-0.2, -0.15) is 0 Å². The van der Waals surface area contributed by atoms with E-state index in [0.717, 1.165) is 30.8 Å². The number of ether oxygens (including phenoxy) is 2. The predicted molar refractivity (Wildman–Crippen MR) is 119 cm³/mol. The van der Waals surface area contributed by atoms with Gasteiger partial charge in [-0.15, -0.1) is 11.3 Å². The number of thioether (sulfide) groups is 1. The summed E-state index contributed by atoms with van der Waals surface area (Å²) in [6.45, 7) is 1.66. The molecule has 1 amide bonds. The van der Waals surface area contributed by atoms with Gasteiger partial charge in [-0.1, -0.05) is 23.9 Å². The lowest BCUT2D eigenvalue weighted by Gasteiger charge is -2.13. The highest BCUT2D eigenvalue weighted by molar-refractivity contribution is 7.99. The second-order valence-electron chi connectivity index (χ2n) is 7.00. The number of hydrogen-bond donors (Lipinski definition) is 1. The molecule has 158 valence electrons. The number of nitrogens with zero attached hydrogens (tertiary/aromatic N) is 2. The van der Waals surface area contributed by atoms with Crippen molar-refractivity contribution in [1.29, 1.82) is 0 Å². The van der Waals surface area contributed by atoms with Gasteiger partial charge in [-0.3, -0.25) is 14.2 Å². The molecular weight excluding hydrogens is 422 g/mol. The number of hydrogen-bond acceptors (Lipinski definition) is 7. The Morgan fingerprint density at radius 1 is 1.37 bits per heavy atom. The first-order valence-electron chi connectivity index (χ1n) is 9.76. The smallest absolute Gasteiger partial charge is 0.272 e. The summed E-state index contributed by atoms with van der Waals surface area (Å²) in [5.41, 5.74) is 1.53. The van der Waals surface area contributed by atoms with Crippen LogP contribution in [0.5, 0.6) is 5.75 Å². The zero-order valence-electron chi connectivity index (χ0n) is 16.6. The molecule has 2 aromatic heterocycles. The molecule has 1 saturated heterocycles. The van der Waals surface area contributed by atoms with Gasteiger partial charge in [0.1, 0.15) is 10.4 Å². The van der Waals surface area contributed by atoms with Gasteiger partial charge in [0, 0.05) is 13.2 Å². The van der Waals surface area contributed by atoms with Crippen LogP contribution in [0.4, 0.5) is 0 Å². The summed E-state index contributed by atoms with van der Waals surface area (Å²) in [5, 5.41) is 5.31. The Morgan fingerprint density at radius 2 is 2.20 bits per heavy atom. The topological polar surface area (TPSA) is 82.4 Å². The molecule has 30 heavy (non-hydrogen) atoms. The highest BCUT2D eigenvalue weighted by atomic mass is 32.2. The number of rotatable bonds is 8. The van der Waals surface area contributed by atoms with Crippen molar-refractivity contribution >= 4 is 39.2 Å². The summed E-state index contributed by atoms with van der Waals surface area (Å²) in [6.07, 6.45) is 2.12. The molecular formula is C21H23N3O4S2. The third kappa shape index (κ3) is 4.85. The minimum atomic E-state index is -0.0915. The van der Waals surface area contributed by atoms with Gasteiger partial charge in [0.05, 0.1) is 31.0 Å². The highest BCUT2D eigenvalue weighted by Crippen LogP contribution is 2.22. The van der Waals surface area contributed by atoms with Crippen LogP contribution in [0.3, 0.4) is 0 Å². The zero-order chi connectivity index (χ0) is 20.9. The van der Waals surface area contributed by atoms with E-state index in [9.17, 15) is 9.59 Å². The average Bonchev–Trinajstić information content (AvgIpc) is 3.45. The Bertz CT molecular complexity index is 1070. The van der Waals surface area contributed by atoms with Gasteiger partial charge in [0.25, 0.3) is 5.56 Å². The molecule has 1 aliphatic rings. The number of amides is 1. The Labute approximate surface area is 182 Å². The van der Waals surface area contributed by atoms with Crippen LogP contribution in [0.15, 0.2) is 45.7 Å². The van der Waals surface area contributed by atoms with Crippen LogP contribution in [0.25, 0.3) is 10.2 Å². The van der Waals surface area contributed by atoms with Gasteiger partial charge in [0.15, 0.2) is 5.16 Å². The molecule has 0 radical (unpaired) electrons. The van der Waals surface area contributed by atoms with Crippen molar-refractivity contribution in [3.8, 4) is 5.75 Å². The van der Waals surface area contributed by atoms with E-state index in [1.165, 1.54) is 23.1 Å². The summed E-state index contributed by atoms with van der Waals surface area (Å²) in [5.74, 6) is 0.860. The summed E-state index contributed by atoms with van der Waals surface area (Å²) >= 11 is 2.66. The van der Waals surface area contributed by atoms with Crippen LogP contribution in [0, 0.1) is 0 Å². The lowest BCUT2D eigenvalue weighted by molar-refractivity contribution is -0.119. The summed E-state index contributed by atoms with van der Waals surface area (Å²) < 4.78 is 13.0. The molecule has 4 rings (SSSR count). The zero-order valence-corrected chi connectivity index (χ0v) is 18.3. The molecule has 3 aromatic rings. The largest absolute Gasteiger partial charge is 0.497 e. The predicted octanol–water partition coefficient (Wildman–Crippen LogP) is 2.90. The van der Waals surface area contributed by atoms with E-state index in [2.05, 4.69) is 10.3 Å². The van der Waals surface area contributed by atoms with Crippen molar-refractivity contribution in [2.24, 2.45) is 0 Å². The van der Waals surface area contributed by atoms with Crippen LogP contribution in [-0.2, 0) is 16.1 Å². The Morgan fingerprint density at radius 3 is 2.93 bits per heavy atom. The lowest BCUT2D eigenvalue weighted by atomic mass is 10.2. The molecule has 1 fully saturated rings. The molecule has 7 nitrogen and oxygen atoms in total. The monoisotopic (exact) mass is 445 g/mol. The molecule has 1 aliphatic heterocycles. The molecule has 3 heterocycles. The first kappa shape index (κ1) is 20.9. The van der Waals surface area contributed by atoms with Crippen LogP contribution < -0.4 is 15.6 Å². The van der Waals surface area contributed by atoms with Crippen molar-refractivity contribution in [3.63, 3.8) is 0 Å². The van der Waals surface area contributed by atoms with Crippen molar-refractivity contribution in [3.05, 3.63) is 51.6 Å². The Kier molecular flexibility index (Phi) is 6.71. The first-order chi connectivity index (χ1) is 14.6. The van der Waals surface area contributed by atoms with E-state index in [4.69, 9.17) is 9.47 Å². The van der Waals surface area contributed by atoms with E-state index in [1.807, 2.05) is 35.7 Å². The maximum atomic E-state index is 13.1. The van der Waals surface area contributed by atoms with Gasteiger partial charge in [-0.25, -0.2) is 4.98 Å². The van der Waals surface area contributed by atoms with E-state index in [-0.39, 0.29) is 23.3 Å². The molecule has 0 aliphatic carbocycles. The molecule has 0 spiro atoms. The Hall–Kier alpha value is -2.36. The second-order valence-corrected chi connectivity index (χ2v) is 8.86. The number of aromatic nitrogens is 2. The third-order valence-corrected chi connectivity index (χ3v) is 6.78. The van der Waals surface area contributed by atoms with Crippen LogP contribution in [0.2, 0.25) is 0 Å². The van der Waals surface area contributed by atoms with E-state index < -0.39 is 0 Å². The normalized spacial score (nSPS) is 16.1. The average molecular weight is 446 g/mol. The van der Waals surface area contributed by atoms with Crippen LogP contribution in [-0.4, -0.2) is 47.6 Å². The number of carbonyl (C=O) groups excluding carboxylic acids is 1. The van der Waals surface area contributed by atoms with Gasteiger partial charge < -0.3 is 14.8 Å². The molecule has 1 aromatic carbocycles. The number of carbonyl (C=O) groups is 1. The molecule has 9 heteroatoms. The fourth-order valence-corrected chi connectivity index (χ4v) is 4.91. The standard InChI is InChI=1S/C21H23N3O4S2/c1-27-15-6-4-14(5-7-15)12-24-20(26)19-17(8-10-29-19)23-21(24)30-13-18(25)22-11-16-3-2-9-28-16/h4-8,10,16H,2-3,9,11-13H2,1H3,(H,22,25)/t16-/m0/s1. The summed E-state index contributed by atoms with van der Waals surface area (Å²) in [4.78, 5) is 30.0. The van der Waals surface area contributed by atoms with Crippen molar-refractivity contribution in [2.75, 3.05) is 26.0 Å². The fourth-order valence-electron chi connectivity index (χ4n) is 3.30. The van der Waals surface area contributed by atoms with Gasteiger partial charge in [-0.05, 0) is 42.0 Å². The number of nitrogens with one attached hydrogen (secondary N) is 1. The van der Waals surface area contributed by atoms with Gasteiger partial charge >= 0.3 is 0 Å². The quantitative estimate of drug-likeness (QED) is 0.424. The van der Waals surface area contributed by atoms with Gasteiger partial charge in [0.2, 0.25) is 5.91 Å². The molecule has 1 atom stereocenters. The molecule has 0 saturated carbocycles. The lowest BCUT2D eigenvalue weighted by Crippen LogP contribution is -2.33. The highest BCUT2D eigenvalue weighted by Gasteiger charge is 2.18. The fraction of sp³-hybridized carbons (Fsp3) is 0.381. The molecule has 0 bridgehead atoms. The summed E-state index contributed by atoms with van der Waals surface area (Å²) in [6, 6.07) is 9.41. The Balaban J connectivity index is 1.51. The van der Waals surface area contributed by atoms with Crippen molar-refractivity contribution < 1.29 is 14.3 Å². The van der Waals surface area contributed by atoms with E-state index in [1.54, 1.807) is 11.7 Å². The number of thiophene rings is 1. The SMILES string of the molecule is COc1ccc(Cn2c(SCC(=O)NC[C@@H]3CCCO3)nc3ccsc3c2=O)cc1. The summed E-state index contributed by atoms with van der Waals surface area (Å²) in [7, 11) is 1.62. The third-order valence-electron chi connectivity index (χ3n) is 4.91. The van der Waals surface area contributed by atoms with E-state index in [0.29, 0.717) is 28.5 Å². The second kappa shape index (κ2) is 9.63. The first-order valence-corrected chi connectivity index (χ1v) is 11.6. The maximum Gasteiger partial charge on any atom is 0.272 e. The number of fused-ring (bicyclic) bond motifs is 1. The van der Waals surface area contributed by atoms with E-state index >= 15 is 0 Å². The van der Waals surface area contributed by atoms with Crippen molar-refractivity contribution in [2.45, 2.75) is 30.6 Å². The van der Waals surface area contributed by atoms with Crippen LogP contribution >= 0.6 is 23.1 Å².